The van der Waals surface area contributed by atoms with Crippen molar-refractivity contribution in [2.24, 2.45) is 0 Å². The van der Waals surface area contributed by atoms with E-state index in [1.807, 2.05) is 0 Å². The summed E-state index contributed by atoms with van der Waals surface area (Å²) in [6, 6.07) is 0. The predicted molar refractivity (Wildman–Crippen MR) is 22.5 cm³/mol. The lowest BCUT2D eigenvalue weighted by Crippen LogP contribution is -3.00. The van der Waals surface area contributed by atoms with E-state index in [0.29, 0.717) is 0 Å². The molecule has 0 spiro atoms. The van der Waals surface area contributed by atoms with Crippen LogP contribution in [0.3, 0.4) is 0 Å². The summed E-state index contributed by atoms with van der Waals surface area (Å²) in [5.74, 6) is 0. The van der Waals surface area contributed by atoms with Gasteiger partial charge < -0.3 is 12.4 Å². The normalized spacial score (nSPS) is 7.20. The maximum atomic E-state index is 4.81. The molecule has 0 aliphatic rings. The molecule has 0 nitrogen and oxygen atoms in total. The van der Waals surface area contributed by atoms with Crippen LogP contribution < -0.4 is 12.4 Å². The highest BCUT2D eigenvalue weighted by atomic mass is 35.6. The summed E-state index contributed by atoms with van der Waals surface area (Å²) < 4.78 is -0.750. The van der Waals surface area contributed by atoms with Crippen molar-refractivity contribution in [2.75, 3.05) is 0 Å². The molecule has 0 aliphatic heterocycles. The third-order valence-corrected chi connectivity index (χ3v) is 0. The zero-order valence-electron chi connectivity index (χ0n) is 3.09. The van der Waals surface area contributed by atoms with E-state index < -0.39 is 4.30 Å². The second kappa shape index (κ2) is 5.16. The number of halogens is 4. The number of rotatable bonds is 0. The minimum absolute atomic E-state index is 0. The zero-order valence-corrected chi connectivity index (χ0v) is 5.11. The third-order valence-electron chi connectivity index (χ3n) is 0. The van der Waals surface area contributed by atoms with Crippen molar-refractivity contribution in [3.63, 3.8) is 0 Å². The van der Waals surface area contributed by atoms with Crippen LogP contribution in [0, 0.1) is 0 Å². The van der Waals surface area contributed by atoms with E-state index in [0.717, 1.165) is 0 Å². The molecule has 0 fully saturated rings. The van der Waals surface area contributed by atoms with Gasteiger partial charge in [0.15, 0.2) is 4.30 Å². The number of alkyl halides is 3. The molecular formula is CH2Cl4. The van der Waals surface area contributed by atoms with Crippen molar-refractivity contribution in [1.29, 1.82) is 0 Å². The van der Waals surface area contributed by atoms with E-state index in [4.69, 9.17) is 34.8 Å². The molecule has 0 saturated heterocycles. The van der Waals surface area contributed by atoms with Crippen molar-refractivity contribution in [3.8, 4) is 0 Å². The third kappa shape index (κ3) is 38.3. The molecule has 5 heavy (non-hydrogen) atoms. The molecule has 0 saturated carbocycles. The van der Waals surface area contributed by atoms with Crippen molar-refractivity contribution >= 4 is 34.8 Å². The Labute approximate surface area is 53.3 Å². The first kappa shape index (κ1) is 9.48. The van der Waals surface area contributed by atoms with Crippen LogP contribution in [0.2, 0.25) is 0 Å². The fourth-order valence-corrected chi connectivity index (χ4v) is 0. The van der Waals surface area contributed by atoms with Crippen LogP contribution in [0.25, 0.3) is 0 Å². The molecule has 0 aromatic heterocycles. The monoisotopic (exact) mass is 154 g/mol. The lowest BCUT2D eigenvalue weighted by Gasteiger charge is -1.69. The van der Waals surface area contributed by atoms with Gasteiger partial charge in [0.2, 0.25) is 0 Å². The van der Waals surface area contributed by atoms with E-state index >= 15 is 0 Å². The van der Waals surface area contributed by atoms with Crippen LogP contribution in [0.4, 0.5) is 0 Å². The van der Waals surface area contributed by atoms with Gasteiger partial charge in [0.25, 0.3) is 0 Å². The molecule has 0 amide bonds. The Hall–Kier alpha value is 1.16. The number of hydrogen-bond acceptors (Lipinski definition) is 0. The first-order valence-corrected chi connectivity index (χ1v) is 1.96. The molecule has 0 atom stereocenters. The van der Waals surface area contributed by atoms with Gasteiger partial charge in [-0.2, -0.15) is 0 Å². The Morgan fingerprint density at radius 2 is 1.20 bits per heavy atom. The molecule has 4 heteroatoms. The minimum Gasteiger partial charge on any atom is -1.00 e. The largest absolute Gasteiger partial charge is 1.00 e. The summed E-state index contributed by atoms with van der Waals surface area (Å²) in [6.45, 7) is 0. The zero-order chi connectivity index (χ0) is 3.58. The first-order valence-electron chi connectivity index (χ1n) is 0.655. The lowest BCUT2D eigenvalue weighted by molar-refractivity contribution is -0.000000620. The van der Waals surface area contributed by atoms with Crippen LogP contribution in [0.15, 0.2) is 0 Å². The first-order chi connectivity index (χ1) is 1.73. The predicted octanol–water partition coefficient (Wildman–Crippen LogP) is -0.897. The maximum Gasteiger partial charge on any atom is 1.00 e. The highest BCUT2D eigenvalue weighted by Gasteiger charge is 1.78. The van der Waals surface area contributed by atoms with Crippen molar-refractivity contribution in [3.05, 3.63) is 0 Å². The Bertz CT molecular complexity index is 12.3. The highest BCUT2D eigenvalue weighted by Crippen LogP contribution is 2.03. The fraction of sp³-hybridized carbons (Fsp3) is 1.00. The molecule has 0 radical (unpaired) electrons. The smallest absolute Gasteiger partial charge is 1.00 e. The topological polar surface area (TPSA) is 0 Å². The standard InChI is InChI=1S/CHCl3.ClH/c2-1(3)4;/h1H;1H. The van der Waals surface area contributed by atoms with Crippen LogP contribution >= 0.6 is 34.8 Å². The average molecular weight is 156 g/mol. The minimum atomic E-state index is -0.750. The fourth-order valence-electron chi connectivity index (χ4n) is 0. The summed E-state index contributed by atoms with van der Waals surface area (Å²) in [6.07, 6.45) is 0. The second-order valence-electron chi connectivity index (χ2n) is 0.247. The van der Waals surface area contributed by atoms with Crippen LogP contribution in [-0.4, -0.2) is 4.30 Å². The van der Waals surface area contributed by atoms with Crippen molar-refractivity contribution in [1.82, 2.24) is 0 Å². The molecule has 0 N–H and O–H groups in total. The van der Waals surface area contributed by atoms with E-state index in [9.17, 15) is 0 Å². The quantitative estimate of drug-likeness (QED) is 0.398. The average Bonchev–Trinajstić information content (AvgIpc) is 0.811. The van der Waals surface area contributed by atoms with Gasteiger partial charge in [0.1, 0.15) is 0 Å². The summed E-state index contributed by atoms with van der Waals surface area (Å²) in [7, 11) is 0. The van der Waals surface area contributed by atoms with Crippen molar-refractivity contribution < 1.29 is 13.8 Å². The molecule has 0 bridgehead atoms. The molecule has 0 aliphatic carbocycles. The Morgan fingerprint density at radius 1 is 1.20 bits per heavy atom. The Kier molecular flexibility index (Phi) is 9.78. The molecule has 0 rings (SSSR count). The van der Waals surface area contributed by atoms with Gasteiger partial charge in [-0.1, -0.05) is 34.8 Å². The SMILES string of the molecule is ClC(Cl)Cl.[Cl-].[H+]. The van der Waals surface area contributed by atoms with E-state index in [1.165, 1.54) is 0 Å². The van der Waals surface area contributed by atoms with Crippen LogP contribution in [0.5, 0.6) is 0 Å². The molecule has 34 valence electrons. The summed E-state index contributed by atoms with van der Waals surface area (Å²) in [4.78, 5) is 0. The summed E-state index contributed by atoms with van der Waals surface area (Å²) >= 11 is 14.4. The lowest BCUT2D eigenvalue weighted by atomic mass is 11.9. The molecular weight excluding hydrogens is 154 g/mol. The van der Waals surface area contributed by atoms with Gasteiger partial charge in [0.05, 0.1) is 0 Å². The molecule has 0 aromatic carbocycles. The van der Waals surface area contributed by atoms with Gasteiger partial charge >= 0.3 is 1.43 Å². The van der Waals surface area contributed by atoms with Gasteiger partial charge in [-0.3, -0.25) is 0 Å². The van der Waals surface area contributed by atoms with Gasteiger partial charge in [0, 0.05) is 0 Å². The molecule has 0 heterocycles. The Morgan fingerprint density at radius 3 is 1.20 bits per heavy atom. The Balaban J connectivity index is -0.0000000450. The maximum absolute atomic E-state index is 4.81. The highest BCUT2D eigenvalue weighted by molar-refractivity contribution is 6.63. The molecule has 0 unspecified atom stereocenters. The molecule has 0 aromatic rings. The van der Waals surface area contributed by atoms with Gasteiger partial charge in [-0.15, -0.1) is 0 Å². The van der Waals surface area contributed by atoms with Crippen LogP contribution in [0.1, 0.15) is 1.43 Å². The van der Waals surface area contributed by atoms with Crippen molar-refractivity contribution in [2.45, 2.75) is 4.30 Å². The second-order valence-corrected chi connectivity index (χ2v) is 2.23. The van der Waals surface area contributed by atoms with Gasteiger partial charge in [-0.25, -0.2) is 0 Å². The van der Waals surface area contributed by atoms with Crippen LogP contribution in [-0.2, 0) is 0 Å². The van der Waals surface area contributed by atoms with E-state index in [1.54, 1.807) is 0 Å². The van der Waals surface area contributed by atoms with E-state index in [-0.39, 0.29) is 13.8 Å². The summed E-state index contributed by atoms with van der Waals surface area (Å²) in [5.41, 5.74) is 0. The van der Waals surface area contributed by atoms with E-state index in [2.05, 4.69) is 0 Å². The number of hydrogen-bond donors (Lipinski definition) is 0. The van der Waals surface area contributed by atoms with Gasteiger partial charge in [-0.05, 0) is 0 Å². The summed E-state index contributed by atoms with van der Waals surface area (Å²) in [5, 5.41) is 0.